The Bertz CT molecular complexity index is 549. The Kier molecular flexibility index (Phi) is 5.24. The summed E-state index contributed by atoms with van der Waals surface area (Å²) in [5.74, 6) is -0.440. The van der Waals surface area contributed by atoms with Gasteiger partial charge in [-0.15, -0.1) is 0 Å². The zero-order valence-corrected chi connectivity index (χ0v) is 13.3. The SMILES string of the molecule is CCc1oc(C(=O)N2CCOCC2CC(C)C)cc1C(=O)O. The number of furan rings is 1. The summed E-state index contributed by atoms with van der Waals surface area (Å²) < 4.78 is 10.9. The van der Waals surface area contributed by atoms with Gasteiger partial charge in [-0.05, 0) is 12.3 Å². The van der Waals surface area contributed by atoms with Crippen molar-refractivity contribution >= 4 is 11.9 Å². The molecular formula is C16H23NO5. The molecule has 122 valence electrons. The van der Waals surface area contributed by atoms with Crippen molar-refractivity contribution in [3.8, 4) is 0 Å². The molecule has 1 atom stereocenters. The molecule has 1 aromatic rings. The number of carboxylic acid groups (broad SMARTS) is 1. The van der Waals surface area contributed by atoms with Gasteiger partial charge in [0.15, 0.2) is 5.76 Å². The summed E-state index contributed by atoms with van der Waals surface area (Å²) in [6.45, 7) is 7.50. The van der Waals surface area contributed by atoms with Crippen molar-refractivity contribution in [1.29, 1.82) is 0 Å². The van der Waals surface area contributed by atoms with Gasteiger partial charge in [0, 0.05) is 19.0 Å². The fourth-order valence-electron chi connectivity index (χ4n) is 2.78. The first-order chi connectivity index (χ1) is 10.4. The van der Waals surface area contributed by atoms with E-state index in [-0.39, 0.29) is 23.3 Å². The average molecular weight is 309 g/mol. The average Bonchev–Trinajstić information content (AvgIpc) is 2.91. The van der Waals surface area contributed by atoms with Crippen LogP contribution in [0.3, 0.4) is 0 Å². The van der Waals surface area contributed by atoms with Crippen LogP contribution in [-0.4, -0.2) is 47.7 Å². The Balaban J connectivity index is 2.23. The molecule has 0 saturated carbocycles. The van der Waals surface area contributed by atoms with E-state index in [1.54, 1.807) is 11.8 Å². The van der Waals surface area contributed by atoms with Crippen LogP contribution in [0.1, 0.15) is 53.9 Å². The summed E-state index contributed by atoms with van der Waals surface area (Å²) in [5.41, 5.74) is 0.0690. The third-order valence-corrected chi connectivity index (χ3v) is 3.80. The van der Waals surface area contributed by atoms with Crippen LogP contribution in [0.2, 0.25) is 0 Å². The van der Waals surface area contributed by atoms with Crippen LogP contribution in [0.15, 0.2) is 10.5 Å². The number of carboxylic acids is 1. The molecule has 1 unspecified atom stereocenters. The van der Waals surface area contributed by atoms with E-state index >= 15 is 0 Å². The second kappa shape index (κ2) is 6.96. The maximum atomic E-state index is 12.7. The van der Waals surface area contributed by atoms with Gasteiger partial charge in [0.1, 0.15) is 11.3 Å². The highest BCUT2D eigenvalue weighted by atomic mass is 16.5. The fourth-order valence-corrected chi connectivity index (χ4v) is 2.78. The zero-order chi connectivity index (χ0) is 16.3. The smallest absolute Gasteiger partial charge is 0.339 e. The van der Waals surface area contributed by atoms with E-state index in [2.05, 4.69) is 13.8 Å². The Hall–Kier alpha value is -1.82. The van der Waals surface area contributed by atoms with Crippen LogP contribution in [0.25, 0.3) is 0 Å². The lowest BCUT2D eigenvalue weighted by Crippen LogP contribution is -2.49. The molecule has 0 aromatic carbocycles. The van der Waals surface area contributed by atoms with Gasteiger partial charge in [0.2, 0.25) is 0 Å². The number of morpholine rings is 1. The topological polar surface area (TPSA) is 80.0 Å². The van der Waals surface area contributed by atoms with Gasteiger partial charge >= 0.3 is 5.97 Å². The number of amides is 1. The largest absolute Gasteiger partial charge is 0.478 e. The van der Waals surface area contributed by atoms with E-state index in [9.17, 15) is 9.59 Å². The molecule has 0 aliphatic carbocycles. The van der Waals surface area contributed by atoms with Crippen LogP contribution < -0.4 is 0 Å². The first-order valence-corrected chi connectivity index (χ1v) is 7.68. The minimum absolute atomic E-state index is 0.00436. The minimum atomic E-state index is -1.07. The molecule has 1 amide bonds. The van der Waals surface area contributed by atoms with Crippen molar-refractivity contribution in [1.82, 2.24) is 4.90 Å². The van der Waals surface area contributed by atoms with Crippen LogP contribution in [0.4, 0.5) is 0 Å². The van der Waals surface area contributed by atoms with Crippen molar-refractivity contribution in [3.63, 3.8) is 0 Å². The Morgan fingerprint density at radius 2 is 2.18 bits per heavy atom. The summed E-state index contributed by atoms with van der Waals surface area (Å²) in [6.07, 6.45) is 1.28. The van der Waals surface area contributed by atoms with Crippen molar-refractivity contribution in [2.75, 3.05) is 19.8 Å². The van der Waals surface area contributed by atoms with Crippen molar-refractivity contribution in [2.24, 2.45) is 5.92 Å². The summed E-state index contributed by atoms with van der Waals surface area (Å²) in [6, 6.07) is 1.34. The number of carbonyl (C=O) groups excluding carboxylic acids is 1. The molecule has 2 rings (SSSR count). The lowest BCUT2D eigenvalue weighted by molar-refractivity contribution is -0.00900. The molecule has 2 heterocycles. The first-order valence-electron chi connectivity index (χ1n) is 7.68. The molecule has 1 fully saturated rings. The Morgan fingerprint density at radius 3 is 2.73 bits per heavy atom. The van der Waals surface area contributed by atoms with E-state index in [0.717, 1.165) is 6.42 Å². The highest BCUT2D eigenvalue weighted by Gasteiger charge is 2.31. The van der Waals surface area contributed by atoms with Gasteiger partial charge in [-0.25, -0.2) is 4.79 Å². The predicted molar refractivity (Wildman–Crippen MR) is 80.1 cm³/mol. The molecule has 0 radical (unpaired) electrons. The van der Waals surface area contributed by atoms with Crippen molar-refractivity contribution in [2.45, 2.75) is 39.7 Å². The lowest BCUT2D eigenvalue weighted by atomic mass is 10.0. The molecule has 0 bridgehead atoms. The maximum Gasteiger partial charge on any atom is 0.339 e. The second-order valence-electron chi connectivity index (χ2n) is 5.96. The zero-order valence-electron chi connectivity index (χ0n) is 13.3. The molecule has 1 saturated heterocycles. The standard InChI is InChI=1S/C16H23NO5/c1-4-13-12(16(19)20)8-14(22-13)15(18)17-5-6-21-9-11(17)7-10(2)3/h8,10-11H,4-7,9H2,1-3H3,(H,19,20). The van der Waals surface area contributed by atoms with Crippen LogP contribution in [0.5, 0.6) is 0 Å². The minimum Gasteiger partial charge on any atom is -0.478 e. The highest BCUT2D eigenvalue weighted by Crippen LogP contribution is 2.22. The van der Waals surface area contributed by atoms with E-state index in [1.165, 1.54) is 6.07 Å². The van der Waals surface area contributed by atoms with Gasteiger partial charge in [-0.3, -0.25) is 4.79 Å². The molecule has 1 aliphatic rings. The molecule has 22 heavy (non-hydrogen) atoms. The number of rotatable bonds is 5. The predicted octanol–water partition coefficient (Wildman–Crippen LogP) is 2.43. The molecule has 1 N–H and O–H groups in total. The van der Waals surface area contributed by atoms with Gasteiger partial charge in [0.05, 0.1) is 19.3 Å². The fraction of sp³-hybridized carbons (Fsp3) is 0.625. The number of aromatic carboxylic acids is 1. The van der Waals surface area contributed by atoms with Gasteiger partial charge in [0.25, 0.3) is 5.91 Å². The first kappa shape index (κ1) is 16.5. The monoisotopic (exact) mass is 309 g/mol. The lowest BCUT2D eigenvalue weighted by Gasteiger charge is -2.36. The summed E-state index contributed by atoms with van der Waals surface area (Å²) in [4.78, 5) is 25.6. The third-order valence-electron chi connectivity index (χ3n) is 3.80. The van der Waals surface area contributed by atoms with Gasteiger partial charge in [-0.1, -0.05) is 20.8 Å². The quantitative estimate of drug-likeness (QED) is 0.903. The van der Waals surface area contributed by atoms with Crippen LogP contribution in [-0.2, 0) is 11.2 Å². The van der Waals surface area contributed by atoms with Gasteiger partial charge in [-0.2, -0.15) is 0 Å². The van der Waals surface area contributed by atoms with E-state index < -0.39 is 5.97 Å². The Morgan fingerprint density at radius 1 is 1.45 bits per heavy atom. The third kappa shape index (κ3) is 3.50. The molecule has 6 heteroatoms. The Labute approximate surface area is 130 Å². The summed E-state index contributed by atoms with van der Waals surface area (Å²) in [7, 11) is 0. The molecule has 1 aliphatic heterocycles. The summed E-state index contributed by atoms with van der Waals surface area (Å²) in [5, 5.41) is 9.17. The van der Waals surface area contributed by atoms with E-state index in [1.807, 2.05) is 0 Å². The van der Waals surface area contributed by atoms with E-state index in [4.69, 9.17) is 14.3 Å². The molecule has 0 spiro atoms. The molecular weight excluding hydrogens is 286 g/mol. The number of hydrogen-bond acceptors (Lipinski definition) is 4. The van der Waals surface area contributed by atoms with Crippen molar-refractivity contribution in [3.05, 3.63) is 23.2 Å². The normalized spacial score (nSPS) is 18.7. The number of nitrogens with zero attached hydrogens (tertiary/aromatic N) is 1. The number of aryl methyl sites for hydroxylation is 1. The molecule has 1 aromatic heterocycles. The number of ether oxygens (including phenoxy) is 1. The highest BCUT2D eigenvalue weighted by molar-refractivity contribution is 5.96. The second-order valence-corrected chi connectivity index (χ2v) is 5.96. The maximum absolute atomic E-state index is 12.7. The van der Waals surface area contributed by atoms with Crippen molar-refractivity contribution < 1.29 is 23.8 Å². The molecule has 6 nitrogen and oxygen atoms in total. The van der Waals surface area contributed by atoms with Gasteiger partial charge < -0.3 is 19.2 Å². The summed E-state index contributed by atoms with van der Waals surface area (Å²) >= 11 is 0. The number of carbonyl (C=O) groups is 2. The van der Waals surface area contributed by atoms with Crippen LogP contribution >= 0.6 is 0 Å². The van der Waals surface area contributed by atoms with E-state index in [0.29, 0.717) is 37.9 Å². The van der Waals surface area contributed by atoms with Crippen LogP contribution in [0, 0.1) is 5.92 Å². The number of hydrogen-bond donors (Lipinski definition) is 1.